The van der Waals surface area contributed by atoms with E-state index < -0.39 is 0 Å². The zero-order valence-corrected chi connectivity index (χ0v) is 15.1. The molecule has 1 amide bonds. The Morgan fingerprint density at radius 1 is 1.28 bits per heavy atom. The number of carbonyl (C=O) groups is 1. The van der Waals surface area contributed by atoms with Crippen molar-refractivity contribution in [2.24, 2.45) is 0 Å². The maximum Gasteiger partial charge on any atom is 0.258 e. The highest BCUT2D eigenvalue weighted by Crippen LogP contribution is 2.21. The van der Waals surface area contributed by atoms with E-state index in [1.54, 1.807) is 12.1 Å². The Bertz CT molecular complexity index is 721. The summed E-state index contributed by atoms with van der Waals surface area (Å²) in [5, 5.41) is 3.75. The number of likely N-dealkylation sites (tertiary alicyclic amines) is 1. The van der Waals surface area contributed by atoms with Crippen molar-refractivity contribution < 1.29 is 9.53 Å². The summed E-state index contributed by atoms with van der Waals surface area (Å²) >= 11 is 5.99. The summed E-state index contributed by atoms with van der Waals surface area (Å²) in [6.07, 6.45) is 0.971. The van der Waals surface area contributed by atoms with Gasteiger partial charge in [0.1, 0.15) is 5.75 Å². The van der Waals surface area contributed by atoms with Gasteiger partial charge in [0.25, 0.3) is 5.91 Å². The molecule has 1 atom stereocenters. The van der Waals surface area contributed by atoms with Crippen molar-refractivity contribution in [3.63, 3.8) is 0 Å². The molecule has 1 unspecified atom stereocenters. The average molecular weight is 359 g/mol. The maximum atomic E-state index is 12.1. The zero-order valence-electron chi connectivity index (χ0n) is 14.4. The van der Waals surface area contributed by atoms with E-state index in [1.807, 2.05) is 19.1 Å². The van der Waals surface area contributed by atoms with Crippen molar-refractivity contribution in [1.29, 1.82) is 0 Å². The smallest absolute Gasteiger partial charge is 0.258 e. The van der Waals surface area contributed by atoms with Gasteiger partial charge in [0.2, 0.25) is 0 Å². The molecule has 0 aromatic heterocycles. The van der Waals surface area contributed by atoms with Crippen LogP contribution in [-0.4, -0.2) is 36.5 Å². The van der Waals surface area contributed by atoms with Gasteiger partial charge >= 0.3 is 0 Å². The van der Waals surface area contributed by atoms with Crippen LogP contribution in [0.5, 0.6) is 5.75 Å². The molecule has 1 aliphatic rings. The summed E-state index contributed by atoms with van der Waals surface area (Å²) in [6, 6.07) is 16.0. The van der Waals surface area contributed by atoms with E-state index in [0.717, 1.165) is 31.6 Å². The van der Waals surface area contributed by atoms with Gasteiger partial charge in [-0.15, -0.1) is 0 Å². The summed E-state index contributed by atoms with van der Waals surface area (Å²) in [6.45, 7) is 4.73. The molecule has 5 heteroatoms. The van der Waals surface area contributed by atoms with Gasteiger partial charge in [-0.3, -0.25) is 9.69 Å². The van der Waals surface area contributed by atoms with Crippen molar-refractivity contribution in [3.05, 3.63) is 64.7 Å². The Hall–Kier alpha value is -2.04. The number of carbonyl (C=O) groups excluding carboxylic acids is 1. The summed E-state index contributed by atoms with van der Waals surface area (Å²) in [7, 11) is 0. The molecule has 0 spiro atoms. The number of amides is 1. The SMILES string of the molecule is Cc1cc(OCC(=O)NC2CCN(Cc3ccccc3)C2)ccc1Cl. The first-order chi connectivity index (χ1) is 12.1. The number of hydrogen-bond donors (Lipinski definition) is 1. The van der Waals surface area contributed by atoms with E-state index in [0.29, 0.717) is 10.8 Å². The third-order valence-corrected chi connectivity index (χ3v) is 4.81. The lowest BCUT2D eigenvalue weighted by Crippen LogP contribution is -2.39. The molecule has 0 saturated carbocycles. The van der Waals surface area contributed by atoms with Gasteiger partial charge in [0, 0.05) is 30.7 Å². The van der Waals surface area contributed by atoms with E-state index >= 15 is 0 Å². The number of benzene rings is 2. The number of aryl methyl sites for hydroxylation is 1. The quantitative estimate of drug-likeness (QED) is 0.860. The monoisotopic (exact) mass is 358 g/mol. The molecular weight excluding hydrogens is 336 g/mol. The molecule has 0 aliphatic carbocycles. The summed E-state index contributed by atoms with van der Waals surface area (Å²) in [5.41, 5.74) is 2.24. The predicted octanol–water partition coefficient (Wildman–Crippen LogP) is 3.42. The number of nitrogens with one attached hydrogen (secondary N) is 1. The van der Waals surface area contributed by atoms with Crippen LogP contribution in [0, 0.1) is 6.92 Å². The number of rotatable bonds is 6. The molecule has 1 saturated heterocycles. The third-order valence-electron chi connectivity index (χ3n) is 4.39. The molecule has 132 valence electrons. The van der Waals surface area contributed by atoms with Crippen molar-refractivity contribution >= 4 is 17.5 Å². The lowest BCUT2D eigenvalue weighted by Gasteiger charge is -2.17. The summed E-state index contributed by atoms with van der Waals surface area (Å²) < 4.78 is 5.55. The zero-order chi connectivity index (χ0) is 17.6. The van der Waals surface area contributed by atoms with E-state index in [-0.39, 0.29) is 18.6 Å². The molecule has 2 aromatic rings. The maximum absolute atomic E-state index is 12.1. The molecule has 2 aromatic carbocycles. The number of nitrogens with zero attached hydrogens (tertiary/aromatic N) is 1. The van der Waals surface area contributed by atoms with Gasteiger partial charge < -0.3 is 10.1 Å². The van der Waals surface area contributed by atoms with Gasteiger partial charge in [-0.25, -0.2) is 0 Å². The minimum absolute atomic E-state index is 0.0241. The minimum atomic E-state index is -0.0841. The van der Waals surface area contributed by atoms with Crippen molar-refractivity contribution in [2.75, 3.05) is 19.7 Å². The summed E-state index contributed by atoms with van der Waals surface area (Å²) in [4.78, 5) is 14.5. The van der Waals surface area contributed by atoms with Gasteiger partial charge in [-0.2, -0.15) is 0 Å². The molecule has 0 bridgehead atoms. The Morgan fingerprint density at radius 2 is 2.08 bits per heavy atom. The summed E-state index contributed by atoms with van der Waals surface area (Å²) in [5.74, 6) is 0.577. The topological polar surface area (TPSA) is 41.6 Å². The Balaban J connectivity index is 1.42. The molecule has 0 radical (unpaired) electrons. The van der Waals surface area contributed by atoms with Gasteiger partial charge in [-0.05, 0) is 42.7 Å². The van der Waals surface area contributed by atoms with E-state index in [4.69, 9.17) is 16.3 Å². The third kappa shape index (κ3) is 5.21. The lowest BCUT2D eigenvalue weighted by atomic mass is 10.2. The second kappa shape index (κ2) is 8.37. The Kier molecular flexibility index (Phi) is 5.95. The fourth-order valence-electron chi connectivity index (χ4n) is 3.06. The van der Waals surface area contributed by atoms with Crippen LogP contribution in [0.15, 0.2) is 48.5 Å². The normalized spacial score (nSPS) is 17.4. The van der Waals surface area contributed by atoms with Crippen LogP contribution < -0.4 is 10.1 Å². The molecular formula is C20H23ClN2O2. The van der Waals surface area contributed by atoms with Crippen LogP contribution in [0.25, 0.3) is 0 Å². The first-order valence-electron chi connectivity index (χ1n) is 8.55. The Labute approximate surface area is 153 Å². The van der Waals surface area contributed by atoms with E-state index in [1.165, 1.54) is 5.56 Å². The number of halogens is 1. The highest BCUT2D eigenvalue weighted by Gasteiger charge is 2.23. The van der Waals surface area contributed by atoms with Crippen LogP contribution in [-0.2, 0) is 11.3 Å². The molecule has 1 fully saturated rings. The molecule has 25 heavy (non-hydrogen) atoms. The molecule has 1 heterocycles. The first-order valence-corrected chi connectivity index (χ1v) is 8.92. The molecule has 1 aliphatic heterocycles. The van der Waals surface area contributed by atoms with Crippen LogP contribution in [0.2, 0.25) is 5.02 Å². The van der Waals surface area contributed by atoms with Crippen molar-refractivity contribution in [1.82, 2.24) is 10.2 Å². The second-order valence-electron chi connectivity index (χ2n) is 6.47. The average Bonchev–Trinajstić information content (AvgIpc) is 3.03. The highest BCUT2D eigenvalue weighted by molar-refractivity contribution is 6.31. The van der Waals surface area contributed by atoms with Crippen LogP contribution in [0.4, 0.5) is 0 Å². The van der Waals surface area contributed by atoms with Crippen LogP contribution in [0.3, 0.4) is 0 Å². The lowest BCUT2D eigenvalue weighted by molar-refractivity contribution is -0.123. The number of ether oxygens (including phenoxy) is 1. The molecule has 3 rings (SSSR count). The predicted molar refractivity (Wildman–Crippen MR) is 100.0 cm³/mol. The fourth-order valence-corrected chi connectivity index (χ4v) is 3.18. The largest absolute Gasteiger partial charge is 0.484 e. The van der Waals surface area contributed by atoms with Gasteiger partial charge in [-0.1, -0.05) is 41.9 Å². The second-order valence-corrected chi connectivity index (χ2v) is 6.88. The molecule has 1 N–H and O–H groups in total. The number of hydrogen-bond acceptors (Lipinski definition) is 3. The fraction of sp³-hybridized carbons (Fsp3) is 0.350. The van der Waals surface area contributed by atoms with E-state index in [9.17, 15) is 4.79 Å². The first kappa shape index (κ1) is 17.8. The Morgan fingerprint density at radius 3 is 2.84 bits per heavy atom. The standard InChI is InChI=1S/C20H23ClN2O2/c1-15-11-18(7-8-19(15)21)25-14-20(24)22-17-9-10-23(13-17)12-16-5-3-2-4-6-16/h2-8,11,17H,9-10,12-14H2,1H3,(H,22,24). The van der Waals surface area contributed by atoms with E-state index in [2.05, 4.69) is 34.5 Å². The van der Waals surface area contributed by atoms with Crippen molar-refractivity contribution in [2.45, 2.75) is 25.9 Å². The molecule has 4 nitrogen and oxygen atoms in total. The van der Waals surface area contributed by atoms with Crippen LogP contribution in [0.1, 0.15) is 17.5 Å². The van der Waals surface area contributed by atoms with Crippen LogP contribution >= 0.6 is 11.6 Å². The van der Waals surface area contributed by atoms with Gasteiger partial charge in [0.15, 0.2) is 6.61 Å². The van der Waals surface area contributed by atoms with Crippen molar-refractivity contribution in [3.8, 4) is 5.75 Å². The minimum Gasteiger partial charge on any atom is -0.484 e. The van der Waals surface area contributed by atoms with Gasteiger partial charge in [0.05, 0.1) is 0 Å². The highest BCUT2D eigenvalue weighted by atomic mass is 35.5.